The predicted molar refractivity (Wildman–Crippen MR) is 293 cm³/mol. The Morgan fingerprint density at radius 3 is 1.87 bits per heavy atom. The average molecular weight is 1100 g/mol. The van der Waals surface area contributed by atoms with Gasteiger partial charge >= 0.3 is 5.97 Å². The monoisotopic (exact) mass is 1100 g/mol. The van der Waals surface area contributed by atoms with Crippen LogP contribution in [-0.4, -0.2) is 173 Å². The van der Waals surface area contributed by atoms with Gasteiger partial charge in [-0.3, -0.25) is 14.4 Å². The van der Waals surface area contributed by atoms with E-state index in [1.54, 1.807) is 93.8 Å². The van der Waals surface area contributed by atoms with Crippen LogP contribution in [0.5, 0.6) is 0 Å². The summed E-state index contributed by atoms with van der Waals surface area (Å²) in [5, 5.41) is 112. The smallest absolute Gasteiger partial charge is 0.308 e. The summed E-state index contributed by atoms with van der Waals surface area (Å²) >= 11 is 0. The molecule has 2 fully saturated rings. The van der Waals surface area contributed by atoms with Crippen molar-refractivity contribution in [3.63, 3.8) is 0 Å². The summed E-state index contributed by atoms with van der Waals surface area (Å²) in [4.78, 5) is 39.2. The molecule has 0 spiro atoms. The van der Waals surface area contributed by atoms with Gasteiger partial charge in [-0.2, -0.15) is 0 Å². The van der Waals surface area contributed by atoms with Gasteiger partial charge in [0, 0.05) is 68.7 Å². The molecular weight excluding hydrogens is 1010 g/mol. The van der Waals surface area contributed by atoms with Crippen molar-refractivity contribution in [2.45, 2.75) is 202 Å². The molecule has 3 aliphatic heterocycles. The van der Waals surface area contributed by atoms with E-state index in [2.05, 4.69) is 5.32 Å². The highest BCUT2D eigenvalue weighted by Crippen LogP contribution is 2.38. The summed E-state index contributed by atoms with van der Waals surface area (Å²) in [6.45, 7) is 7.09. The number of benzene rings is 1. The molecule has 13 N–H and O–H groups in total. The van der Waals surface area contributed by atoms with E-state index in [1.165, 1.54) is 0 Å². The molecule has 2 unspecified atom stereocenters. The van der Waals surface area contributed by atoms with E-state index in [0.717, 1.165) is 5.69 Å². The van der Waals surface area contributed by atoms with Gasteiger partial charge < -0.3 is 81.1 Å². The number of anilines is 1. The van der Waals surface area contributed by atoms with Crippen LogP contribution in [0.4, 0.5) is 5.69 Å². The van der Waals surface area contributed by atoms with E-state index >= 15 is 0 Å². The molecule has 19 heteroatoms. The van der Waals surface area contributed by atoms with Gasteiger partial charge in [0.2, 0.25) is 0 Å². The molecule has 0 aliphatic carbocycles. The minimum atomic E-state index is -2.07. The van der Waals surface area contributed by atoms with Crippen LogP contribution in [0.2, 0.25) is 0 Å². The minimum absolute atomic E-state index is 0.0224. The number of Topliss-reactive ketones (excluding diaryl/α,β-unsaturated/α-hetero) is 2. The topological polar surface area (TPSA) is 328 Å². The average Bonchev–Trinajstić information content (AvgIpc) is 3.38. The number of fused-ring (bicyclic) bond motifs is 2. The second-order valence-electron chi connectivity index (χ2n) is 21.4. The Kier molecular flexibility index (Phi) is 28.1. The number of rotatable bonds is 10. The second kappa shape index (κ2) is 33.3. The van der Waals surface area contributed by atoms with Crippen LogP contribution < -0.4 is 11.1 Å². The van der Waals surface area contributed by atoms with Crippen LogP contribution in [-0.2, 0) is 28.5 Å². The van der Waals surface area contributed by atoms with Gasteiger partial charge in [-0.15, -0.1) is 0 Å². The lowest BCUT2D eigenvalue weighted by molar-refractivity contribution is -0.309. The first kappa shape index (κ1) is 66.0. The zero-order valence-corrected chi connectivity index (χ0v) is 45.7. The number of cyclic esters (lactones) is 1. The van der Waals surface area contributed by atoms with E-state index in [-0.39, 0.29) is 62.6 Å². The third-order valence-corrected chi connectivity index (χ3v) is 14.5. The van der Waals surface area contributed by atoms with E-state index in [9.17, 15) is 65.4 Å². The summed E-state index contributed by atoms with van der Waals surface area (Å²) < 4.78 is 24.1. The maximum atomic E-state index is 13.3. The fourth-order valence-corrected chi connectivity index (χ4v) is 9.87. The molecule has 19 nitrogen and oxygen atoms in total. The molecule has 1 aromatic carbocycles. The Bertz CT molecular complexity index is 2200. The number of carbonyl (C=O) groups is 3. The van der Waals surface area contributed by atoms with Crippen molar-refractivity contribution in [3.8, 4) is 0 Å². The maximum Gasteiger partial charge on any atom is 0.308 e. The summed E-state index contributed by atoms with van der Waals surface area (Å²) in [5.74, 6) is -4.84. The van der Waals surface area contributed by atoms with Gasteiger partial charge in [-0.05, 0) is 69.2 Å². The molecule has 0 aromatic heterocycles. The highest BCUT2D eigenvalue weighted by Gasteiger charge is 2.47. The normalized spacial score (nSPS) is 38.8. The summed E-state index contributed by atoms with van der Waals surface area (Å²) in [6, 6.07) is 6.07. The van der Waals surface area contributed by atoms with Crippen LogP contribution in [0.3, 0.4) is 0 Å². The third kappa shape index (κ3) is 22.9. The predicted octanol–water partition coefficient (Wildman–Crippen LogP) is 3.68. The number of aliphatic hydroxyl groups excluding tert-OH is 9. The number of aliphatic hydroxyl groups is 10. The van der Waals surface area contributed by atoms with Crippen molar-refractivity contribution in [2.75, 3.05) is 12.4 Å². The summed E-state index contributed by atoms with van der Waals surface area (Å²) in [6.07, 6.45) is 6.18. The molecule has 19 atom stereocenters. The van der Waals surface area contributed by atoms with Crippen molar-refractivity contribution < 1.29 is 84.4 Å². The Labute approximate surface area is 459 Å². The molecule has 436 valence electrons. The quantitative estimate of drug-likeness (QED) is 0.117. The van der Waals surface area contributed by atoms with Gasteiger partial charge in [0.05, 0.1) is 73.5 Å². The number of allylic oxidation sites excluding steroid dienone is 12. The lowest BCUT2D eigenvalue weighted by Crippen LogP contribution is -2.61. The van der Waals surface area contributed by atoms with Crippen molar-refractivity contribution in [2.24, 2.45) is 23.5 Å². The summed E-state index contributed by atoms with van der Waals surface area (Å²) in [7, 11) is 1.77. The standard InChI is InChI=1S/C59H88N2O17/c1-36-18-16-14-12-10-8-6-7-9-11-13-15-17-19-49(76-58-56(73)55(72)54(60)39(4)75-58)33-52-38(3)51(70)35-59(74,78-52)34-48(68)30-46(66)28-44(64)26-43(63)27-45(65)29-47(67)32-53(71)77-57(36)37(2)20-25-42(62)31-50(69)40-21-23-41(61-5)24-22-40/h6-19,21-24,36-39,42-44,46-49,51-52,54-58,61-64,66-68,70,72-74H,20,25-35,60H2,1-5H3/b7-6-,10-8-,11-9+,14-12+,15-13+,18-16+,19-17+/t36-,37-,38+,39+,42?,43+,44-,46-,47+,48-,49?,51-,52-,54+,55-,56-,57-,58-,59+/m0/s1. The number of esters is 1. The fourth-order valence-electron chi connectivity index (χ4n) is 9.87. The molecule has 0 amide bonds. The molecule has 3 heterocycles. The Morgan fingerprint density at radius 2 is 1.27 bits per heavy atom. The second-order valence-corrected chi connectivity index (χ2v) is 21.4. The van der Waals surface area contributed by atoms with Gasteiger partial charge in [-0.25, -0.2) is 0 Å². The molecular formula is C59H88N2O17. The molecule has 78 heavy (non-hydrogen) atoms. The molecule has 3 aliphatic rings. The number of carbonyl (C=O) groups excluding carboxylic acids is 3. The van der Waals surface area contributed by atoms with E-state index in [1.807, 2.05) is 50.3 Å². The van der Waals surface area contributed by atoms with Gasteiger partial charge in [-0.1, -0.05) is 106 Å². The number of hydrogen-bond acceptors (Lipinski definition) is 19. The van der Waals surface area contributed by atoms with E-state index in [0.29, 0.717) is 12.0 Å². The van der Waals surface area contributed by atoms with Gasteiger partial charge in [0.25, 0.3) is 0 Å². The minimum Gasteiger partial charge on any atom is -0.461 e. The first-order valence-corrected chi connectivity index (χ1v) is 27.3. The number of ether oxygens (including phenoxy) is 4. The number of hydrogen-bond donors (Lipinski definition) is 12. The number of nitrogens with one attached hydrogen (secondary N) is 1. The number of nitrogens with two attached hydrogens (primary N) is 1. The zero-order chi connectivity index (χ0) is 57.5. The molecule has 1 aromatic rings. The maximum absolute atomic E-state index is 13.3. The molecule has 0 radical (unpaired) electrons. The Balaban J connectivity index is 1.51. The van der Waals surface area contributed by atoms with Crippen LogP contribution in [0.1, 0.15) is 115 Å². The van der Waals surface area contributed by atoms with Gasteiger partial charge in [0.1, 0.15) is 24.1 Å². The van der Waals surface area contributed by atoms with E-state index < -0.39 is 141 Å². The van der Waals surface area contributed by atoms with Crippen molar-refractivity contribution in [1.29, 1.82) is 0 Å². The first-order valence-electron chi connectivity index (χ1n) is 27.3. The van der Waals surface area contributed by atoms with Crippen molar-refractivity contribution in [3.05, 3.63) is 115 Å². The highest BCUT2D eigenvalue weighted by molar-refractivity contribution is 5.96. The van der Waals surface area contributed by atoms with Crippen LogP contribution in [0, 0.1) is 17.8 Å². The SMILES string of the molecule is CNc1ccc(C(=O)CC(O)CC[C@H](C)[C@H]2OC(=O)C[C@H](O)CC(=O)C[C@H](O)C[C@H](O)C[C@H](O)C[C@H](O)C[C@]3(O)C[C@H](O)[C@@H](C)[C@H](CC(O[C@@H]4O[C@H](C)[C@@H](N)[C@H](O)[C@@H]4O)/C=C/C=C/C=C/C=C\C=C/C=C/C=C/[C@@H]2C)O3)cc1. The van der Waals surface area contributed by atoms with Crippen LogP contribution >= 0.6 is 0 Å². The van der Waals surface area contributed by atoms with Crippen molar-refractivity contribution in [1.82, 2.24) is 0 Å². The highest BCUT2D eigenvalue weighted by atomic mass is 16.7. The fraction of sp³-hybridized carbons (Fsp3) is 0.610. The van der Waals surface area contributed by atoms with Crippen molar-refractivity contribution >= 4 is 23.2 Å². The summed E-state index contributed by atoms with van der Waals surface area (Å²) in [5.41, 5.74) is 7.33. The van der Waals surface area contributed by atoms with Crippen LogP contribution in [0.25, 0.3) is 0 Å². The molecule has 4 rings (SSSR count). The first-order chi connectivity index (χ1) is 37.0. The molecule has 2 saturated heterocycles. The van der Waals surface area contributed by atoms with Gasteiger partial charge in [0.15, 0.2) is 17.9 Å². The van der Waals surface area contributed by atoms with Crippen LogP contribution in [0.15, 0.2) is 109 Å². The Hall–Kier alpha value is -4.55. The lowest BCUT2D eigenvalue weighted by atomic mass is 9.84. The van der Waals surface area contributed by atoms with E-state index in [4.69, 9.17) is 24.7 Å². The molecule has 0 saturated carbocycles. The third-order valence-electron chi connectivity index (χ3n) is 14.5. The Morgan fingerprint density at radius 1 is 0.718 bits per heavy atom. The number of ketones is 2. The largest absolute Gasteiger partial charge is 0.461 e. The zero-order valence-electron chi connectivity index (χ0n) is 45.7. The molecule has 2 bridgehead atoms. The lowest BCUT2D eigenvalue weighted by Gasteiger charge is -2.45.